The molecule has 2 rings (SSSR count). The molecular formula is C13H22N2O2. The third-order valence-corrected chi connectivity index (χ3v) is 4.47. The minimum atomic E-state index is -0.0815. The van der Waals surface area contributed by atoms with E-state index in [0.717, 1.165) is 25.7 Å². The van der Waals surface area contributed by atoms with Crippen molar-refractivity contribution in [1.29, 1.82) is 0 Å². The number of hydrogen-bond acceptors (Lipinski definition) is 2. The van der Waals surface area contributed by atoms with Gasteiger partial charge in [0.05, 0.1) is 0 Å². The second kappa shape index (κ2) is 4.31. The molecule has 0 aliphatic heterocycles. The van der Waals surface area contributed by atoms with Gasteiger partial charge in [0.2, 0.25) is 11.8 Å². The molecule has 0 saturated heterocycles. The molecule has 2 aliphatic rings. The van der Waals surface area contributed by atoms with Gasteiger partial charge in [-0.2, -0.15) is 0 Å². The van der Waals surface area contributed by atoms with Gasteiger partial charge < -0.3 is 10.6 Å². The van der Waals surface area contributed by atoms with Gasteiger partial charge in [-0.25, -0.2) is 0 Å². The molecule has 0 heterocycles. The van der Waals surface area contributed by atoms with E-state index in [1.807, 2.05) is 0 Å². The third-order valence-electron chi connectivity index (χ3n) is 4.47. The smallest absolute Gasteiger partial charge is 0.217 e. The summed E-state index contributed by atoms with van der Waals surface area (Å²) in [4.78, 5) is 22.6. The first kappa shape index (κ1) is 12.4. The van der Waals surface area contributed by atoms with E-state index >= 15 is 0 Å². The van der Waals surface area contributed by atoms with Crippen LogP contribution in [0.3, 0.4) is 0 Å². The van der Waals surface area contributed by atoms with Crippen molar-refractivity contribution in [3.8, 4) is 0 Å². The molecule has 2 aliphatic carbocycles. The average Bonchev–Trinajstić information content (AvgIpc) is 2.73. The monoisotopic (exact) mass is 238 g/mol. The highest BCUT2D eigenvalue weighted by atomic mass is 16.2. The fourth-order valence-electron chi connectivity index (χ4n) is 4.00. The number of fused-ring (bicyclic) bond motifs is 2. The largest absolute Gasteiger partial charge is 0.353 e. The van der Waals surface area contributed by atoms with E-state index in [4.69, 9.17) is 0 Å². The fourth-order valence-corrected chi connectivity index (χ4v) is 4.00. The predicted octanol–water partition coefficient (Wildman–Crippen LogP) is 1.21. The van der Waals surface area contributed by atoms with E-state index in [9.17, 15) is 9.59 Å². The van der Waals surface area contributed by atoms with E-state index in [2.05, 4.69) is 17.6 Å². The molecule has 2 saturated carbocycles. The summed E-state index contributed by atoms with van der Waals surface area (Å²) in [6.07, 6.45) is 4.23. The van der Waals surface area contributed by atoms with Crippen LogP contribution in [0.2, 0.25) is 0 Å². The Morgan fingerprint density at radius 1 is 1.24 bits per heavy atom. The van der Waals surface area contributed by atoms with Crippen LogP contribution < -0.4 is 10.6 Å². The molecule has 2 fully saturated rings. The molecule has 4 nitrogen and oxygen atoms in total. The summed E-state index contributed by atoms with van der Waals surface area (Å²) in [5.41, 5.74) is -0.0815. The van der Waals surface area contributed by atoms with Gasteiger partial charge >= 0.3 is 0 Å². The maximum atomic E-state index is 11.4. The molecule has 2 N–H and O–H groups in total. The van der Waals surface area contributed by atoms with Crippen molar-refractivity contribution in [2.24, 2.45) is 11.8 Å². The van der Waals surface area contributed by atoms with Crippen molar-refractivity contribution in [2.45, 2.75) is 58.0 Å². The summed E-state index contributed by atoms with van der Waals surface area (Å²) < 4.78 is 0. The Labute approximate surface area is 103 Å². The third kappa shape index (κ3) is 2.17. The SMILES string of the molecule is CC[C@]1(NC(C)=O)C[C@@H]2C[C@@H]1[C@H](NC(C)=O)C2. The molecule has 4 heteroatoms. The Morgan fingerprint density at radius 3 is 2.41 bits per heavy atom. The first-order chi connectivity index (χ1) is 7.97. The standard InChI is InChI=1S/C13H22N2O2/c1-4-13(15-9(3)17)7-10-5-11(13)12(6-10)14-8(2)16/h10-12H,4-7H2,1-3H3,(H,14,16)(H,15,17)/t10-,11-,12-,13+/m1/s1. The molecule has 17 heavy (non-hydrogen) atoms. The highest BCUT2D eigenvalue weighted by Gasteiger charge is 2.55. The molecule has 0 aromatic carbocycles. The summed E-state index contributed by atoms with van der Waals surface area (Å²) in [5.74, 6) is 1.14. The first-order valence-electron chi connectivity index (χ1n) is 6.52. The first-order valence-corrected chi connectivity index (χ1v) is 6.52. The number of rotatable bonds is 3. The lowest BCUT2D eigenvalue weighted by Gasteiger charge is -2.41. The van der Waals surface area contributed by atoms with Gasteiger partial charge in [0.15, 0.2) is 0 Å². The summed E-state index contributed by atoms with van der Waals surface area (Å²) in [6, 6.07) is 0.248. The molecule has 0 aromatic rings. The molecule has 96 valence electrons. The maximum Gasteiger partial charge on any atom is 0.217 e. The Kier molecular flexibility index (Phi) is 3.15. The van der Waals surface area contributed by atoms with E-state index < -0.39 is 0 Å². The molecular weight excluding hydrogens is 216 g/mol. The zero-order valence-electron chi connectivity index (χ0n) is 10.9. The van der Waals surface area contributed by atoms with E-state index in [0.29, 0.717) is 11.8 Å². The van der Waals surface area contributed by atoms with Crippen LogP contribution in [0.4, 0.5) is 0 Å². The lowest BCUT2D eigenvalue weighted by atomic mass is 9.76. The van der Waals surface area contributed by atoms with Gasteiger partial charge in [-0.3, -0.25) is 9.59 Å². The van der Waals surface area contributed by atoms with Crippen molar-refractivity contribution in [3.05, 3.63) is 0 Å². The Morgan fingerprint density at radius 2 is 1.94 bits per heavy atom. The Balaban J connectivity index is 2.14. The predicted molar refractivity (Wildman–Crippen MR) is 65.3 cm³/mol. The van der Waals surface area contributed by atoms with Crippen LogP contribution in [-0.2, 0) is 9.59 Å². The highest BCUT2D eigenvalue weighted by Crippen LogP contribution is 2.52. The van der Waals surface area contributed by atoms with Crippen LogP contribution in [0, 0.1) is 11.8 Å². The zero-order chi connectivity index (χ0) is 12.6. The molecule has 0 aromatic heterocycles. The summed E-state index contributed by atoms with van der Waals surface area (Å²) in [6.45, 7) is 5.27. The van der Waals surface area contributed by atoms with Crippen molar-refractivity contribution in [3.63, 3.8) is 0 Å². The van der Waals surface area contributed by atoms with E-state index in [1.165, 1.54) is 0 Å². The van der Waals surface area contributed by atoms with Crippen LogP contribution in [0.15, 0.2) is 0 Å². The minimum absolute atomic E-state index is 0.0374. The van der Waals surface area contributed by atoms with Crippen molar-refractivity contribution in [2.75, 3.05) is 0 Å². The number of carbonyl (C=O) groups excluding carboxylic acids is 2. The quantitative estimate of drug-likeness (QED) is 0.776. The van der Waals surface area contributed by atoms with Gasteiger partial charge in [-0.1, -0.05) is 6.92 Å². The van der Waals surface area contributed by atoms with E-state index in [-0.39, 0.29) is 23.4 Å². The van der Waals surface area contributed by atoms with Crippen LogP contribution in [-0.4, -0.2) is 23.4 Å². The van der Waals surface area contributed by atoms with Crippen LogP contribution in [0.25, 0.3) is 0 Å². The van der Waals surface area contributed by atoms with Gasteiger partial charge in [-0.05, 0) is 31.6 Å². The molecule has 0 unspecified atom stereocenters. The number of hydrogen-bond donors (Lipinski definition) is 2. The summed E-state index contributed by atoms with van der Waals surface area (Å²) in [7, 11) is 0. The maximum absolute atomic E-state index is 11.4. The molecule has 0 radical (unpaired) electrons. The average molecular weight is 238 g/mol. The Hall–Kier alpha value is -1.06. The second-order valence-corrected chi connectivity index (χ2v) is 5.65. The summed E-state index contributed by atoms with van der Waals surface area (Å²) >= 11 is 0. The number of carbonyl (C=O) groups is 2. The van der Waals surface area contributed by atoms with Gasteiger partial charge in [-0.15, -0.1) is 0 Å². The normalized spacial score (nSPS) is 39.1. The molecule has 0 spiro atoms. The zero-order valence-corrected chi connectivity index (χ0v) is 10.9. The Bertz CT molecular complexity index is 342. The fraction of sp³-hybridized carbons (Fsp3) is 0.846. The number of amides is 2. The minimum Gasteiger partial charge on any atom is -0.353 e. The van der Waals surface area contributed by atoms with Crippen molar-refractivity contribution < 1.29 is 9.59 Å². The van der Waals surface area contributed by atoms with Crippen LogP contribution >= 0.6 is 0 Å². The molecule has 4 atom stereocenters. The van der Waals surface area contributed by atoms with Gasteiger partial charge in [0.1, 0.15) is 0 Å². The van der Waals surface area contributed by atoms with Crippen LogP contribution in [0.5, 0.6) is 0 Å². The summed E-state index contributed by atoms with van der Waals surface area (Å²) in [5, 5.41) is 6.19. The van der Waals surface area contributed by atoms with Crippen molar-refractivity contribution in [1.82, 2.24) is 10.6 Å². The highest BCUT2D eigenvalue weighted by molar-refractivity contribution is 5.74. The van der Waals surface area contributed by atoms with Crippen molar-refractivity contribution >= 4 is 11.8 Å². The second-order valence-electron chi connectivity index (χ2n) is 5.65. The molecule has 2 amide bonds. The topological polar surface area (TPSA) is 58.2 Å². The number of nitrogens with one attached hydrogen (secondary N) is 2. The molecule has 2 bridgehead atoms. The van der Waals surface area contributed by atoms with Gasteiger partial charge in [0, 0.05) is 31.3 Å². The van der Waals surface area contributed by atoms with Gasteiger partial charge in [0.25, 0.3) is 0 Å². The van der Waals surface area contributed by atoms with E-state index in [1.54, 1.807) is 13.8 Å². The lowest BCUT2D eigenvalue weighted by Crippen LogP contribution is -2.57. The lowest BCUT2D eigenvalue weighted by molar-refractivity contribution is -0.122. The van der Waals surface area contributed by atoms with Crippen LogP contribution in [0.1, 0.15) is 46.5 Å².